The molecule has 1 unspecified atom stereocenters. The molecule has 0 bridgehead atoms. The summed E-state index contributed by atoms with van der Waals surface area (Å²) < 4.78 is 14.9. The number of thiazole rings is 1. The highest BCUT2D eigenvalue weighted by molar-refractivity contribution is 7.09. The van der Waals surface area contributed by atoms with E-state index in [1.165, 1.54) is 35.5 Å². The fourth-order valence-electron chi connectivity index (χ4n) is 3.44. The van der Waals surface area contributed by atoms with Crippen LogP contribution < -0.4 is 0 Å². The lowest BCUT2D eigenvalue weighted by Gasteiger charge is -2.23. The lowest BCUT2D eigenvalue weighted by atomic mass is 10.1. The Bertz CT molecular complexity index is 839. The maximum absolute atomic E-state index is 13.1. The predicted octanol–water partition coefficient (Wildman–Crippen LogP) is 3.98. The van der Waals surface area contributed by atoms with Gasteiger partial charge in [-0.3, -0.25) is 4.90 Å². The molecule has 2 aromatic heterocycles. The van der Waals surface area contributed by atoms with E-state index in [2.05, 4.69) is 27.3 Å². The van der Waals surface area contributed by atoms with Crippen molar-refractivity contribution in [1.82, 2.24) is 19.7 Å². The van der Waals surface area contributed by atoms with E-state index in [-0.39, 0.29) is 5.82 Å². The third-order valence-corrected chi connectivity index (χ3v) is 5.68. The van der Waals surface area contributed by atoms with Crippen LogP contribution in [0.25, 0.3) is 5.69 Å². The summed E-state index contributed by atoms with van der Waals surface area (Å²) in [5.74, 6) is -0.228. The molecule has 1 aliphatic rings. The van der Waals surface area contributed by atoms with E-state index in [1.807, 2.05) is 17.1 Å². The van der Waals surface area contributed by atoms with Crippen LogP contribution in [0.3, 0.4) is 0 Å². The van der Waals surface area contributed by atoms with Crippen molar-refractivity contribution < 1.29 is 4.39 Å². The second kappa shape index (κ2) is 7.06. The summed E-state index contributed by atoms with van der Waals surface area (Å²) in [5, 5.41) is 7.79. The number of likely N-dealkylation sites (tertiary alicyclic amines) is 1. The van der Waals surface area contributed by atoms with Crippen LogP contribution in [0.2, 0.25) is 0 Å². The quantitative estimate of drug-likeness (QED) is 0.693. The van der Waals surface area contributed by atoms with E-state index in [0.717, 1.165) is 30.9 Å². The minimum Gasteiger partial charge on any atom is -0.296 e. The molecule has 6 heteroatoms. The minimum atomic E-state index is -0.228. The van der Waals surface area contributed by atoms with E-state index < -0.39 is 0 Å². The van der Waals surface area contributed by atoms with Crippen molar-refractivity contribution in [2.75, 3.05) is 6.54 Å². The lowest BCUT2D eigenvalue weighted by Crippen LogP contribution is -2.30. The van der Waals surface area contributed by atoms with Crippen molar-refractivity contribution in [2.24, 2.45) is 0 Å². The number of benzene rings is 1. The summed E-state index contributed by atoms with van der Waals surface area (Å²) in [7, 11) is 0. The number of hydrogen-bond acceptors (Lipinski definition) is 4. The van der Waals surface area contributed by atoms with Crippen molar-refractivity contribution in [3.63, 3.8) is 0 Å². The minimum absolute atomic E-state index is 0.228. The first-order valence-electron chi connectivity index (χ1n) is 8.62. The van der Waals surface area contributed by atoms with Gasteiger partial charge in [0.05, 0.1) is 16.9 Å². The Hall–Kier alpha value is -2.05. The molecule has 1 aromatic carbocycles. The van der Waals surface area contributed by atoms with E-state index in [4.69, 9.17) is 0 Å². The summed E-state index contributed by atoms with van der Waals surface area (Å²) >= 11 is 1.76. The van der Waals surface area contributed by atoms with Gasteiger partial charge in [-0.2, -0.15) is 5.10 Å². The molecule has 0 aliphatic carbocycles. The van der Waals surface area contributed by atoms with Gasteiger partial charge in [-0.15, -0.1) is 11.3 Å². The van der Waals surface area contributed by atoms with Gasteiger partial charge in [0.1, 0.15) is 5.82 Å². The maximum atomic E-state index is 13.1. The molecular formula is C19H21FN4S. The van der Waals surface area contributed by atoms with Gasteiger partial charge in [0.15, 0.2) is 0 Å². The molecule has 3 aromatic rings. The summed E-state index contributed by atoms with van der Waals surface area (Å²) in [6, 6.07) is 6.97. The molecule has 3 heterocycles. The predicted molar refractivity (Wildman–Crippen MR) is 97.5 cm³/mol. The Morgan fingerprint density at radius 1 is 1.28 bits per heavy atom. The SMILES string of the molecule is Cc1csc(CC2CCCN2Cc2cnn(-c3ccc(F)cc3)c2)n1. The van der Waals surface area contributed by atoms with E-state index in [1.54, 1.807) is 23.5 Å². The van der Waals surface area contributed by atoms with Crippen LogP contribution in [-0.2, 0) is 13.0 Å². The molecule has 1 aliphatic heterocycles. The topological polar surface area (TPSA) is 34.0 Å². The fourth-order valence-corrected chi connectivity index (χ4v) is 4.29. The third kappa shape index (κ3) is 3.80. The van der Waals surface area contributed by atoms with Gasteiger partial charge in [-0.05, 0) is 50.6 Å². The van der Waals surface area contributed by atoms with Gasteiger partial charge in [0.25, 0.3) is 0 Å². The highest BCUT2D eigenvalue weighted by atomic mass is 32.1. The number of aryl methyl sites for hydroxylation is 1. The van der Waals surface area contributed by atoms with Crippen LogP contribution >= 0.6 is 11.3 Å². The lowest BCUT2D eigenvalue weighted by molar-refractivity contribution is 0.244. The van der Waals surface area contributed by atoms with Crippen LogP contribution in [0.4, 0.5) is 4.39 Å². The monoisotopic (exact) mass is 356 g/mol. The Morgan fingerprint density at radius 2 is 2.12 bits per heavy atom. The van der Waals surface area contributed by atoms with Crippen molar-refractivity contribution >= 4 is 11.3 Å². The molecule has 1 atom stereocenters. The van der Waals surface area contributed by atoms with Gasteiger partial charge in [-0.1, -0.05) is 0 Å². The first-order valence-corrected chi connectivity index (χ1v) is 9.50. The number of aromatic nitrogens is 3. The fraction of sp³-hybridized carbons (Fsp3) is 0.368. The molecule has 0 radical (unpaired) electrons. The second-order valence-electron chi connectivity index (χ2n) is 6.62. The van der Waals surface area contributed by atoms with Gasteiger partial charge in [0, 0.05) is 41.8 Å². The molecule has 1 fully saturated rings. The number of nitrogens with zero attached hydrogens (tertiary/aromatic N) is 4. The maximum Gasteiger partial charge on any atom is 0.123 e. The molecule has 1 saturated heterocycles. The zero-order chi connectivity index (χ0) is 17.2. The summed E-state index contributed by atoms with van der Waals surface area (Å²) in [4.78, 5) is 7.14. The molecular weight excluding hydrogens is 335 g/mol. The molecule has 130 valence electrons. The van der Waals surface area contributed by atoms with Crippen LogP contribution in [-0.4, -0.2) is 32.3 Å². The van der Waals surface area contributed by atoms with E-state index in [0.29, 0.717) is 6.04 Å². The molecule has 0 spiro atoms. The van der Waals surface area contributed by atoms with Crippen LogP contribution in [0.15, 0.2) is 42.0 Å². The second-order valence-corrected chi connectivity index (χ2v) is 7.57. The van der Waals surface area contributed by atoms with Crippen LogP contribution in [0.5, 0.6) is 0 Å². The van der Waals surface area contributed by atoms with Crippen molar-refractivity contribution in [2.45, 2.75) is 38.8 Å². The zero-order valence-corrected chi connectivity index (χ0v) is 15.0. The summed E-state index contributed by atoms with van der Waals surface area (Å²) in [6.07, 6.45) is 7.44. The molecule has 4 nitrogen and oxygen atoms in total. The number of halogens is 1. The van der Waals surface area contributed by atoms with Crippen molar-refractivity contribution in [3.8, 4) is 5.69 Å². The molecule has 0 saturated carbocycles. The normalized spacial score (nSPS) is 18.1. The number of rotatable bonds is 5. The van der Waals surface area contributed by atoms with Crippen molar-refractivity contribution in [3.05, 3.63) is 64.1 Å². The first kappa shape index (κ1) is 16.4. The first-order chi connectivity index (χ1) is 12.2. The van der Waals surface area contributed by atoms with Gasteiger partial charge < -0.3 is 0 Å². The highest BCUT2D eigenvalue weighted by Gasteiger charge is 2.26. The average Bonchev–Trinajstić information content (AvgIpc) is 3.32. The molecule has 25 heavy (non-hydrogen) atoms. The van der Waals surface area contributed by atoms with Gasteiger partial charge >= 0.3 is 0 Å². The van der Waals surface area contributed by atoms with Gasteiger partial charge in [-0.25, -0.2) is 14.1 Å². The number of hydrogen-bond donors (Lipinski definition) is 0. The van der Waals surface area contributed by atoms with E-state index >= 15 is 0 Å². The Morgan fingerprint density at radius 3 is 2.88 bits per heavy atom. The van der Waals surface area contributed by atoms with Gasteiger partial charge in [0.2, 0.25) is 0 Å². The Labute approximate surface area is 150 Å². The smallest absolute Gasteiger partial charge is 0.123 e. The van der Waals surface area contributed by atoms with Crippen LogP contribution in [0.1, 0.15) is 29.1 Å². The Balaban J connectivity index is 1.43. The summed E-state index contributed by atoms with van der Waals surface area (Å²) in [6.45, 7) is 4.07. The molecule has 0 N–H and O–H groups in total. The highest BCUT2D eigenvalue weighted by Crippen LogP contribution is 2.24. The van der Waals surface area contributed by atoms with E-state index in [9.17, 15) is 4.39 Å². The molecule has 4 rings (SSSR count). The third-order valence-electron chi connectivity index (χ3n) is 4.69. The Kier molecular flexibility index (Phi) is 4.63. The average molecular weight is 356 g/mol. The molecule has 0 amide bonds. The van der Waals surface area contributed by atoms with Crippen molar-refractivity contribution in [1.29, 1.82) is 0 Å². The summed E-state index contributed by atoms with van der Waals surface area (Å²) in [5.41, 5.74) is 3.18. The largest absolute Gasteiger partial charge is 0.296 e. The van der Waals surface area contributed by atoms with Crippen LogP contribution in [0, 0.1) is 12.7 Å². The zero-order valence-electron chi connectivity index (χ0n) is 14.2. The standard InChI is InChI=1S/C19H21FN4S/c1-14-13-25-19(22-14)9-18-3-2-8-23(18)11-15-10-21-24(12-15)17-6-4-16(20)5-7-17/h4-7,10,12-13,18H,2-3,8-9,11H2,1H3.